The number of aliphatic hydroxyl groups is 1. The van der Waals surface area contributed by atoms with E-state index in [0.29, 0.717) is 17.9 Å². The number of benzene rings is 2. The first-order valence-electron chi connectivity index (χ1n) is 8.93. The van der Waals surface area contributed by atoms with Crippen LogP contribution < -0.4 is 10.2 Å². The van der Waals surface area contributed by atoms with Gasteiger partial charge in [-0.05, 0) is 43.5 Å². The van der Waals surface area contributed by atoms with Crippen LogP contribution in [0.2, 0.25) is 0 Å². The van der Waals surface area contributed by atoms with E-state index in [1.54, 1.807) is 24.3 Å². The Morgan fingerprint density at radius 1 is 1.14 bits per heavy atom. The summed E-state index contributed by atoms with van der Waals surface area (Å²) < 4.78 is 5.72. The number of nitrogens with one attached hydrogen (secondary N) is 1. The molecule has 2 aromatic rings. The first kappa shape index (κ1) is 19.9. The molecule has 2 aromatic carbocycles. The maximum atomic E-state index is 12.2. The van der Waals surface area contributed by atoms with E-state index in [0.717, 1.165) is 5.56 Å². The lowest BCUT2D eigenvalue weighted by molar-refractivity contribution is -0.217. The monoisotopic (exact) mass is 385 g/mol. The van der Waals surface area contributed by atoms with Gasteiger partial charge in [0.2, 0.25) is 5.91 Å². The molecule has 0 radical (unpaired) electrons. The normalized spacial score (nSPS) is 21.0. The highest BCUT2D eigenvalue weighted by Gasteiger charge is 2.65. The van der Waals surface area contributed by atoms with Crippen molar-refractivity contribution < 1.29 is 29.4 Å². The summed E-state index contributed by atoms with van der Waals surface area (Å²) in [6.07, 6.45) is 0.160. The molecule has 148 valence electrons. The maximum Gasteiger partial charge on any atom is 0.314 e. The van der Waals surface area contributed by atoms with Crippen LogP contribution in [0.3, 0.4) is 0 Å². The van der Waals surface area contributed by atoms with Gasteiger partial charge in [-0.15, -0.1) is 0 Å². The second kappa shape index (κ2) is 7.61. The molecule has 7 nitrogen and oxygen atoms in total. The Bertz CT molecular complexity index is 843. The van der Waals surface area contributed by atoms with Gasteiger partial charge in [0.1, 0.15) is 17.8 Å². The smallest absolute Gasteiger partial charge is 0.314 e. The number of hydrogen-bond donors (Lipinski definition) is 3. The Morgan fingerprint density at radius 2 is 1.79 bits per heavy atom. The van der Waals surface area contributed by atoms with Crippen LogP contribution in [0.4, 0.5) is 0 Å². The average Bonchev–Trinajstić information content (AvgIpc) is 3.42. The average molecular weight is 385 g/mol. The molecule has 0 spiro atoms. The zero-order valence-corrected chi connectivity index (χ0v) is 15.7. The van der Waals surface area contributed by atoms with Crippen molar-refractivity contribution in [3.63, 3.8) is 0 Å². The summed E-state index contributed by atoms with van der Waals surface area (Å²) in [4.78, 5) is 29.0. The molecule has 1 aliphatic carbocycles. The SMILES string of the molecule is CC(C)(O)ONC(=O)C1CC1(C(=O)O)c1ccc(OCc2ccccc2)cc1. The van der Waals surface area contributed by atoms with Gasteiger partial charge in [-0.2, -0.15) is 0 Å². The van der Waals surface area contributed by atoms with E-state index in [1.807, 2.05) is 30.3 Å². The summed E-state index contributed by atoms with van der Waals surface area (Å²) in [5, 5.41) is 19.2. The third-order valence-corrected chi connectivity index (χ3v) is 4.68. The lowest BCUT2D eigenvalue weighted by Gasteiger charge is -2.18. The maximum absolute atomic E-state index is 12.2. The minimum Gasteiger partial charge on any atom is -0.489 e. The fourth-order valence-electron chi connectivity index (χ4n) is 3.09. The van der Waals surface area contributed by atoms with Crippen molar-refractivity contribution in [1.82, 2.24) is 5.48 Å². The van der Waals surface area contributed by atoms with Crippen LogP contribution in [-0.2, 0) is 26.4 Å². The van der Waals surface area contributed by atoms with Crippen LogP contribution >= 0.6 is 0 Å². The van der Waals surface area contributed by atoms with Crippen LogP contribution in [0.25, 0.3) is 0 Å². The molecule has 0 aliphatic heterocycles. The minimum absolute atomic E-state index is 0.160. The van der Waals surface area contributed by atoms with Crippen LogP contribution in [-0.4, -0.2) is 27.9 Å². The van der Waals surface area contributed by atoms with Gasteiger partial charge in [-0.25, -0.2) is 10.3 Å². The number of amides is 1. The molecule has 7 heteroatoms. The summed E-state index contributed by atoms with van der Waals surface area (Å²) in [6.45, 7) is 3.13. The fraction of sp³-hybridized carbons (Fsp3) is 0.333. The van der Waals surface area contributed by atoms with E-state index >= 15 is 0 Å². The molecule has 28 heavy (non-hydrogen) atoms. The molecule has 0 heterocycles. The number of carboxylic acid groups (broad SMARTS) is 1. The first-order chi connectivity index (χ1) is 13.2. The minimum atomic E-state index is -1.55. The number of carboxylic acids is 1. The van der Waals surface area contributed by atoms with Crippen molar-refractivity contribution in [3.05, 3.63) is 65.7 Å². The largest absolute Gasteiger partial charge is 0.489 e. The molecule has 1 fully saturated rings. The molecular weight excluding hydrogens is 362 g/mol. The number of hydrogen-bond acceptors (Lipinski definition) is 5. The number of carbonyl (C=O) groups excluding carboxylic acids is 1. The Morgan fingerprint density at radius 3 is 2.36 bits per heavy atom. The molecule has 0 saturated heterocycles. The van der Waals surface area contributed by atoms with Gasteiger partial charge in [0.05, 0.1) is 5.92 Å². The standard InChI is InChI=1S/C21H23NO6/c1-20(2,26)28-22-18(23)17-12-21(17,19(24)25)15-8-10-16(11-9-15)27-13-14-6-4-3-5-7-14/h3-11,17,26H,12-13H2,1-2H3,(H,22,23)(H,24,25). The highest BCUT2D eigenvalue weighted by Crippen LogP contribution is 2.55. The predicted molar refractivity (Wildman–Crippen MR) is 100 cm³/mol. The quantitative estimate of drug-likeness (QED) is 0.476. The second-order valence-electron chi connectivity index (χ2n) is 7.35. The summed E-state index contributed by atoms with van der Waals surface area (Å²) in [5.41, 5.74) is 2.39. The molecule has 0 bridgehead atoms. The van der Waals surface area contributed by atoms with Crippen LogP contribution in [0.15, 0.2) is 54.6 Å². The third kappa shape index (κ3) is 4.32. The van der Waals surface area contributed by atoms with Crippen molar-refractivity contribution in [2.75, 3.05) is 0 Å². The van der Waals surface area contributed by atoms with Crippen LogP contribution in [0.5, 0.6) is 5.75 Å². The Kier molecular flexibility index (Phi) is 5.40. The Hall–Kier alpha value is -2.90. The van der Waals surface area contributed by atoms with E-state index in [1.165, 1.54) is 13.8 Å². The van der Waals surface area contributed by atoms with Gasteiger partial charge < -0.3 is 14.9 Å². The van der Waals surface area contributed by atoms with Crippen molar-refractivity contribution in [2.24, 2.45) is 5.92 Å². The Balaban J connectivity index is 1.67. The van der Waals surface area contributed by atoms with E-state index < -0.39 is 29.0 Å². The summed E-state index contributed by atoms with van der Waals surface area (Å²) in [5.74, 6) is -3.36. The lowest BCUT2D eigenvalue weighted by Crippen LogP contribution is -2.38. The Labute approximate surface area is 162 Å². The zero-order chi connectivity index (χ0) is 20.4. The lowest BCUT2D eigenvalue weighted by atomic mass is 9.93. The van der Waals surface area contributed by atoms with E-state index in [9.17, 15) is 19.8 Å². The highest BCUT2D eigenvalue weighted by atomic mass is 16.7. The number of aliphatic carboxylic acids is 1. The topological polar surface area (TPSA) is 105 Å². The molecule has 1 saturated carbocycles. The molecule has 2 atom stereocenters. The summed E-state index contributed by atoms with van der Waals surface area (Å²) >= 11 is 0. The van der Waals surface area contributed by atoms with Crippen molar-refractivity contribution in [2.45, 2.75) is 38.1 Å². The highest BCUT2D eigenvalue weighted by molar-refractivity contribution is 5.97. The summed E-state index contributed by atoms with van der Waals surface area (Å²) in [7, 11) is 0. The van der Waals surface area contributed by atoms with Gasteiger partial charge in [0.15, 0.2) is 5.79 Å². The molecule has 0 aromatic heterocycles. The predicted octanol–water partition coefficient (Wildman–Crippen LogP) is 2.38. The van der Waals surface area contributed by atoms with Crippen molar-refractivity contribution >= 4 is 11.9 Å². The van der Waals surface area contributed by atoms with Gasteiger partial charge in [-0.1, -0.05) is 42.5 Å². The van der Waals surface area contributed by atoms with E-state index in [2.05, 4.69) is 5.48 Å². The number of hydroxylamine groups is 1. The van der Waals surface area contributed by atoms with E-state index in [-0.39, 0.29) is 6.42 Å². The van der Waals surface area contributed by atoms with Crippen molar-refractivity contribution in [1.29, 1.82) is 0 Å². The van der Waals surface area contributed by atoms with Crippen LogP contribution in [0, 0.1) is 5.92 Å². The zero-order valence-electron chi connectivity index (χ0n) is 15.7. The van der Waals surface area contributed by atoms with Gasteiger partial charge in [0, 0.05) is 0 Å². The molecule has 1 aliphatic rings. The van der Waals surface area contributed by atoms with Crippen molar-refractivity contribution in [3.8, 4) is 5.75 Å². The van der Waals surface area contributed by atoms with E-state index in [4.69, 9.17) is 9.57 Å². The van der Waals surface area contributed by atoms with Gasteiger partial charge in [0.25, 0.3) is 0 Å². The molecule has 1 amide bonds. The summed E-state index contributed by atoms with van der Waals surface area (Å²) in [6, 6.07) is 16.4. The number of carbonyl (C=O) groups is 2. The number of rotatable bonds is 8. The van der Waals surface area contributed by atoms with Crippen LogP contribution in [0.1, 0.15) is 31.4 Å². The molecule has 3 rings (SSSR count). The third-order valence-electron chi connectivity index (χ3n) is 4.68. The fourth-order valence-corrected chi connectivity index (χ4v) is 3.09. The van der Waals surface area contributed by atoms with Gasteiger partial charge in [-0.3, -0.25) is 9.59 Å². The molecule has 3 N–H and O–H groups in total. The van der Waals surface area contributed by atoms with Gasteiger partial charge >= 0.3 is 5.97 Å². The number of ether oxygens (including phenoxy) is 1. The molecule has 2 unspecified atom stereocenters. The molecular formula is C21H23NO6. The second-order valence-corrected chi connectivity index (χ2v) is 7.35. The first-order valence-corrected chi connectivity index (χ1v) is 8.93.